The Morgan fingerprint density at radius 2 is 1.83 bits per heavy atom. The van der Waals surface area contributed by atoms with Gasteiger partial charge in [-0.2, -0.15) is 0 Å². The second-order valence-corrected chi connectivity index (χ2v) is 7.72. The van der Waals surface area contributed by atoms with E-state index in [1.165, 1.54) is 6.07 Å². The van der Waals surface area contributed by atoms with Crippen LogP contribution < -0.4 is 0 Å². The SMILES string of the molecule is Cc1cc(-c2ccc3oc([C@H]4CCCN4C(=O)c4ccccc4)nc3c2)ccc1F. The molecule has 0 spiro atoms. The van der Waals surface area contributed by atoms with Crippen LogP contribution in [-0.4, -0.2) is 22.3 Å². The van der Waals surface area contributed by atoms with Crippen molar-refractivity contribution in [2.24, 2.45) is 0 Å². The van der Waals surface area contributed by atoms with Crippen molar-refractivity contribution < 1.29 is 13.6 Å². The van der Waals surface area contributed by atoms with Gasteiger partial charge in [0.1, 0.15) is 17.4 Å². The van der Waals surface area contributed by atoms with Gasteiger partial charge in [-0.15, -0.1) is 0 Å². The van der Waals surface area contributed by atoms with Crippen molar-refractivity contribution in [1.29, 1.82) is 0 Å². The quantitative estimate of drug-likeness (QED) is 0.429. The number of fused-ring (bicyclic) bond motifs is 1. The van der Waals surface area contributed by atoms with Crippen LogP contribution in [0.5, 0.6) is 0 Å². The predicted molar refractivity (Wildman–Crippen MR) is 114 cm³/mol. The van der Waals surface area contributed by atoms with Crippen LogP contribution in [0.3, 0.4) is 0 Å². The minimum atomic E-state index is -0.215. The molecule has 5 heteroatoms. The average Bonchev–Trinajstić information content (AvgIpc) is 3.42. The van der Waals surface area contributed by atoms with E-state index < -0.39 is 0 Å². The third-order valence-corrected chi connectivity index (χ3v) is 5.71. The van der Waals surface area contributed by atoms with Crippen LogP contribution in [0.15, 0.2) is 71.1 Å². The third-order valence-electron chi connectivity index (χ3n) is 5.71. The van der Waals surface area contributed by atoms with Crippen LogP contribution in [0.2, 0.25) is 0 Å². The summed E-state index contributed by atoms with van der Waals surface area (Å²) >= 11 is 0. The van der Waals surface area contributed by atoms with Crippen molar-refractivity contribution in [1.82, 2.24) is 9.88 Å². The maximum Gasteiger partial charge on any atom is 0.254 e. The van der Waals surface area contributed by atoms with Crippen molar-refractivity contribution in [3.8, 4) is 11.1 Å². The Hall–Kier alpha value is -3.47. The molecule has 0 N–H and O–H groups in total. The van der Waals surface area contributed by atoms with Gasteiger partial charge in [0, 0.05) is 12.1 Å². The Labute approximate surface area is 174 Å². The number of carbonyl (C=O) groups is 1. The predicted octanol–water partition coefficient (Wildman–Crippen LogP) is 5.92. The van der Waals surface area contributed by atoms with Crippen LogP contribution in [0, 0.1) is 12.7 Å². The molecule has 0 radical (unpaired) electrons. The molecule has 2 heterocycles. The minimum absolute atomic E-state index is 0.00262. The second kappa shape index (κ2) is 7.41. The highest BCUT2D eigenvalue weighted by molar-refractivity contribution is 5.94. The summed E-state index contributed by atoms with van der Waals surface area (Å²) in [6, 6.07) is 20.0. The fraction of sp³-hybridized carbons (Fsp3) is 0.200. The fourth-order valence-electron chi connectivity index (χ4n) is 4.10. The van der Waals surface area contributed by atoms with E-state index in [1.807, 2.05) is 59.5 Å². The lowest BCUT2D eigenvalue weighted by atomic mass is 10.0. The number of nitrogens with zero attached hydrogens (tertiary/aromatic N) is 2. The van der Waals surface area contributed by atoms with Crippen molar-refractivity contribution >= 4 is 17.0 Å². The standard InChI is InChI=1S/C25H21FN2O2/c1-16-14-18(9-11-20(16)26)19-10-12-23-21(15-19)27-24(30-23)22-8-5-13-28(22)25(29)17-6-3-2-4-7-17/h2-4,6-7,9-12,14-15,22H,5,8,13H2,1H3/t22-/m1/s1. The molecule has 150 valence electrons. The minimum Gasteiger partial charge on any atom is -0.438 e. The summed E-state index contributed by atoms with van der Waals surface area (Å²) in [4.78, 5) is 19.5. The number of likely N-dealkylation sites (tertiary alicyclic amines) is 1. The number of aromatic nitrogens is 1. The van der Waals surface area contributed by atoms with Crippen LogP contribution in [0.1, 0.15) is 40.7 Å². The van der Waals surface area contributed by atoms with E-state index in [-0.39, 0.29) is 17.8 Å². The zero-order valence-corrected chi connectivity index (χ0v) is 16.6. The summed E-state index contributed by atoms with van der Waals surface area (Å²) in [5, 5.41) is 0. The molecule has 1 atom stereocenters. The van der Waals surface area contributed by atoms with E-state index in [0.29, 0.717) is 29.1 Å². The van der Waals surface area contributed by atoms with E-state index in [1.54, 1.807) is 13.0 Å². The van der Waals surface area contributed by atoms with Crippen molar-refractivity contribution in [2.45, 2.75) is 25.8 Å². The highest BCUT2D eigenvalue weighted by Gasteiger charge is 2.34. The number of carbonyl (C=O) groups excluding carboxylic acids is 1. The van der Waals surface area contributed by atoms with E-state index in [9.17, 15) is 9.18 Å². The van der Waals surface area contributed by atoms with Crippen molar-refractivity contribution in [3.63, 3.8) is 0 Å². The molecule has 4 nitrogen and oxygen atoms in total. The van der Waals surface area contributed by atoms with E-state index in [4.69, 9.17) is 9.40 Å². The molecule has 0 bridgehead atoms. The van der Waals surface area contributed by atoms with E-state index >= 15 is 0 Å². The Morgan fingerprint density at radius 3 is 2.63 bits per heavy atom. The van der Waals surface area contributed by atoms with Crippen LogP contribution in [-0.2, 0) is 0 Å². The molecule has 0 aliphatic carbocycles. The van der Waals surface area contributed by atoms with Gasteiger partial charge in [0.05, 0.1) is 0 Å². The van der Waals surface area contributed by atoms with Gasteiger partial charge in [-0.05, 0) is 72.9 Å². The van der Waals surface area contributed by atoms with Crippen molar-refractivity contribution in [2.75, 3.05) is 6.54 Å². The molecule has 3 aromatic carbocycles. The number of aryl methyl sites for hydroxylation is 1. The zero-order valence-electron chi connectivity index (χ0n) is 16.6. The first-order valence-corrected chi connectivity index (χ1v) is 10.1. The highest BCUT2D eigenvalue weighted by atomic mass is 19.1. The number of benzene rings is 3. The molecule has 5 rings (SSSR count). The number of hydrogen-bond donors (Lipinski definition) is 0. The number of rotatable bonds is 3. The summed E-state index contributed by atoms with van der Waals surface area (Å²) < 4.78 is 19.6. The van der Waals surface area contributed by atoms with Crippen LogP contribution >= 0.6 is 0 Å². The average molecular weight is 400 g/mol. The lowest BCUT2D eigenvalue weighted by molar-refractivity contribution is 0.0717. The lowest BCUT2D eigenvalue weighted by Crippen LogP contribution is -2.30. The summed E-state index contributed by atoms with van der Waals surface area (Å²) in [5.74, 6) is 0.356. The van der Waals surface area contributed by atoms with Gasteiger partial charge in [-0.1, -0.05) is 30.3 Å². The Morgan fingerprint density at radius 1 is 1.07 bits per heavy atom. The fourth-order valence-corrected chi connectivity index (χ4v) is 4.10. The smallest absolute Gasteiger partial charge is 0.254 e. The summed E-state index contributed by atoms with van der Waals surface area (Å²) in [6.45, 7) is 2.45. The maximum absolute atomic E-state index is 13.6. The van der Waals surface area contributed by atoms with Gasteiger partial charge in [0.25, 0.3) is 5.91 Å². The molecule has 1 aromatic heterocycles. The monoisotopic (exact) mass is 400 g/mol. The van der Waals surface area contributed by atoms with E-state index in [0.717, 1.165) is 29.5 Å². The van der Waals surface area contributed by atoms with Crippen molar-refractivity contribution in [3.05, 3.63) is 89.6 Å². The highest BCUT2D eigenvalue weighted by Crippen LogP contribution is 2.35. The number of amides is 1. The van der Waals surface area contributed by atoms with Crippen LogP contribution in [0.4, 0.5) is 4.39 Å². The van der Waals surface area contributed by atoms with Gasteiger partial charge < -0.3 is 9.32 Å². The summed E-state index contributed by atoms with van der Waals surface area (Å²) in [6.07, 6.45) is 1.75. The first-order chi connectivity index (χ1) is 14.6. The Bertz CT molecular complexity index is 1230. The number of halogens is 1. The van der Waals surface area contributed by atoms with E-state index in [2.05, 4.69) is 0 Å². The number of oxazole rings is 1. The van der Waals surface area contributed by atoms with Gasteiger partial charge >= 0.3 is 0 Å². The largest absolute Gasteiger partial charge is 0.438 e. The first kappa shape index (κ1) is 18.6. The molecular formula is C25H21FN2O2. The topological polar surface area (TPSA) is 46.3 Å². The molecule has 1 aliphatic rings. The summed E-state index contributed by atoms with van der Waals surface area (Å²) in [7, 11) is 0. The normalized spacial score (nSPS) is 16.3. The van der Waals surface area contributed by atoms with Gasteiger partial charge in [0.2, 0.25) is 5.89 Å². The molecule has 1 saturated heterocycles. The molecule has 0 unspecified atom stereocenters. The maximum atomic E-state index is 13.6. The zero-order chi connectivity index (χ0) is 20.7. The summed E-state index contributed by atoms with van der Waals surface area (Å²) in [5.41, 5.74) is 4.59. The third kappa shape index (κ3) is 3.26. The Balaban J connectivity index is 1.47. The molecule has 1 aliphatic heterocycles. The van der Waals surface area contributed by atoms with Crippen LogP contribution in [0.25, 0.3) is 22.2 Å². The molecule has 1 fully saturated rings. The lowest BCUT2D eigenvalue weighted by Gasteiger charge is -2.22. The Kier molecular flexibility index (Phi) is 4.58. The number of hydrogen-bond acceptors (Lipinski definition) is 3. The van der Waals surface area contributed by atoms with Gasteiger partial charge in [-0.25, -0.2) is 9.37 Å². The van der Waals surface area contributed by atoms with Gasteiger partial charge in [-0.3, -0.25) is 4.79 Å². The molecular weight excluding hydrogens is 379 g/mol. The second-order valence-electron chi connectivity index (χ2n) is 7.72. The molecule has 30 heavy (non-hydrogen) atoms. The molecule has 0 saturated carbocycles. The molecule has 4 aromatic rings. The molecule has 1 amide bonds. The van der Waals surface area contributed by atoms with Gasteiger partial charge in [0.15, 0.2) is 5.58 Å². The first-order valence-electron chi connectivity index (χ1n) is 10.1.